The van der Waals surface area contributed by atoms with Gasteiger partial charge in [-0.1, -0.05) is 13.3 Å². The van der Waals surface area contributed by atoms with Crippen molar-refractivity contribution in [3.05, 3.63) is 17.5 Å². The first-order valence-corrected chi connectivity index (χ1v) is 10.9. The number of rotatable bonds is 6. The normalized spacial score (nSPS) is 23.8. The molecular formula is C21H35N5O3. The van der Waals surface area contributed by atoms with Crippen LogP contribution in [0, 0.1) is 0 Å². The number of unbranched alkanes of at least 4 members (excludes halogenated alkanes) is 1. The van der Waals surface area contributed by atoms with E-state index >= 15 is 0 Å². The highest BCUT2D eigenvalue weighted by atomic mass is 16.3. The molecule has 1 aromatic heterocycles. The van der Waals surface area contributed by atoms with Crippen molar-refractivity contribution in [3.8, 4) is 0 Å². The lowest BCUT2D eigenvalue weighted by molar-refractivity contribution is -0.131. The van der Waals surface area contributed by atoms with Crippen LogP contribution in [0.2, 0.25) is 0 Å². The molecule has 2 aliphatic rings. The predicted octanol–water partition coefficient (Wildman–Crippen LogP) is 1.27. The Labute approximate surface area is 173 Å². The molecule has 0 spiro atoms. The van der Waals surface area contributed by atoms with E-state index in [4.69, 9.17) is 0 Å². The SMILES string of the molecule is CCCCc1cc(C(=O)N2CCCC(O)(CN3CCN(C(C)=O)CC3)CC2)n[nH]1. The first-order valence-electron chi connectivity index (χ1n) is 10.9. The number of carbonyl (C=O) groups is 2. The van der Waals surface area contributed by atoms with Gasteiger partial charge in [0.05, 0.1) is 5.60 Å². The minimum Gasteiger partial charge on any atom is -0.388 e. The van der Waals surface area contributed by atoms with Crippen LogP contribution >= 0.6 is 0 Å². The van der Waals surface area contributed by atoms with Gasteiger partial charge >= 0.3 is 0 Å². The van der Waals surface area contributed by atoms with E-state index < -0.39 is 5.60 Å². The van der Waals surface area contributed by atoms with Gasteiger partial charge in [0.2, 0.25) is 5.91 Å². The quantitative estimate of drug-likeness (QED) is 0.744. The number of H-pyrrole nitrogens is 1. The Morgan fingerprint density at radius 3 is 2.59 bits per heavy atom. The Bertz CT molecular complexity index is 698. The van der Waals surface area contributed by atoms with Crippen molar-refractivity contribution < 1.29 is 14.7 Å². The number of amides is 2. The van der Waals surface area contributed by atoms with Crippen LogP contribution in [0.15, 0.2) is 6.07 Å². The molecule has 0 radical (unpaired) electrons. The summed E-state index contributed by atoms with van der Waals surface area (Å²) in [6.07, 6.45) is 5.13. The zero-order chi connectivity index (χ0) is 20.9. The second-order valence-corrected chi connectivity index (χ2v) is 8.53. The molecule has 2 amide bonds. The topological polar surface area (TPSA) is 92.8 Å². The lowest BCUT2D eigenvalue weighted by atomic mass is 9.94. The summed E-state index contributed by atoms with van der Waals surface area (Å²) in [5.41, 5.74) is 0.693. The number of nitrogens with one attached hydrogen (secondary N) is 1. The summed E-state index contributed by atoms with van der Waals surface area (Å²) in [6, 6.07) is 1.86. The maximum Gasteiger partial charge on any atom is 0.274 e. The number of hydrogen-bond donors (Lipinski definition) is 2. The molecule has 0 aliphatic carbocycles. The standard InChI is InChI=1S/C21H35N5O3/c1-3-4-6-18-15-19(23-22-18)20(28)26-9-5-7-21(29,8-10-26)16-24-11-13-25(14-12-24)17(2)27/h15,29H,3-14,16H2,1-2H3,(H,22,23). The van der Waals surface area contributed by atoms with Crippen LogP contribution in [0.4, 0.5) is 0 Å². The Balaban J connectivity index is 1.52. The van der Waals surface area contributed by atoms with Crippen molar-refractivity contribution in [3.63, 3.8) is 0 Å². The van der Waals surface area contributed by atoms with Crippen LogP contribution in [-0.2, 0) is 11.2 Å². The summed E-state index contributed by atoms with van der Waals surface area (Å²) in [5, 5.41) is 18.4. The third-order valence-electron chi connectivity index (χ3n) is 6.19. The zero-order valence-corrected chi connectivity index (χ0v) is 17.8. The average Bonchev–Trinajstić information content (AvgIpc) is 3.09. The van der Waals surface area contributed by atoms with E-state index in [2.05, 4.69) is 22.0 Å². The number of likely N-dealkylation sites (tertiary alicyclic amines) is 1. The predicted molar refractivity (Wildman–Crippen MR) is 111 cm³/mol. The van der Waals surface area contributed by atoms with Crippen molar-refractivity contribution in [2.75, 3.05) is 45.8 Å². The van der Waals surface area contributed by atoms with Gasteiger partial charge in [-0.25, -0.2) is 0 Å². The number of β-amino-alcohol motifs (C(OH)–C–C–N with tert-alkyl or cyclic N) is 1. The van der Waals surface area contributed by atoms with E-state index in [0.29, 0.717) is 38.2 Å². The summed E-state index contributed by atoms with van der Waals surface area (Å²) >= 11 is 0. The van der Waals surface area contributed by atoms with E-state index in [9.17, 15) is 14.7 Å². The number of piperazine rings is 1. The highest BCUT2D eigenvalue weighted by Crippen LogP contribution is 2.25. The third kappa shape index (κ3) is 5.79. The average molecular weight is 406 g/mol. The van der Waals surface area contributed by atoms with Crippen LogP contribution in [0.3, 0.4) is 0 Å². The van der Waals surface area contributed by atoms with Crippen molar-refractivity contribution in [2.24, 2.45) is 0 Å². The van der Waals surface area contributed by atoms with Crippen LogP contribution in [0.1, 0.15) is 62.1 Å². The van der Waals surface area contributed by atoms with Crippen LogP contribution < -0.4 is 0 Å². The van der Waals surface area contributed by atoms with Gasteiger partial charge in [-0.3, -0.25) is 19.6 Å². The van der Waals surface area contributed by atoms with Gasteiger partial charge in [0.15, 0.2) is 0 Å². The molecule has 162 valence electrons. The largest absolute Gasteiger partial charge is 0.388 e. The Hall–Kier alpha value is -1.93. The fourth-order valence-corrected chi connectivity index (χ4v) is 4.31. The molecule has 2 fully saturated rings. The second kappa shape index (κ2) is 9.71. The lowest BCUT2D eigenvalue weighted by Crippen LogP contribution is -2.53. The third-order valence-corrected chi connectivity index (χ3v) is 6.19. The smallest absolute Gasteiger partial charge is 0.274 e. The molecule has 0 saturated carbocycles. The Morgan fingerprint density at radius 1 is 1.14 bits per heavy atom. The molecule has 1 unspecified atom stereocenters. The zero-order valence-electron chi connectivity index (χ0n) is 17.8. The first kappa shape index (κ1) is 21.8. The maximum absolute atomic E-state index is 12.9. The summed E-state index contributed by atoms with van der Waals surface area (Å²) in [5.74, 6) is 0.0616. The fraction of sp³-hybridized carbons (Fsp3) is 0.762. The first-order chi connectivity index (χ1) is 13.9. The minimum atomic E-state index is -0.786. The van der Waals surface area contributed by atoms with Crippen molar-refractivity contribution in [1.82, 2.24) is 24.9 Å². The molecule has 1 aromatic rings. The van der Waals surface area contributed by atoms with Gasteiger partial charge in [-0.05, 0) is 38.2 Å². The summed E-state index contributed by atoms with van der Waals surface area (Å²) in [7, 11) is 0. The summed E-state index contributed by atoms with van der Waals surface area (Å²) in [6.45, 7) is 8.55. The fourth-order valence-electron chi connectivity index (χ4n) is 4.31. The molecule has 0 bridgehead atoms. The molecule has 1 atom stereocenters. The number of aromatic amines is 1. The molecule has 0 aromatic carbocycles. The van der Waals surface area contributed by atoms with E-state index in [1.807, 2.05) is 15.9 Å². The van der Waals surface area contributed by atoms with Gasteiger partial charge < -0.3 is 14.9 Å². The maximum atomic E-state index is 12.9. The lowest BCUT2D eigenvalue weighted by Gasteiger charge is -2.39. The molecule has 2 saturated heterocycles. The monoisotopic (exact) mass is 405 g/mol. The second-order valence-electron chi connectivity index (χ2n) is 8.53. The van der Waals surface area contributed by atoms with Crippen LogP contribution in [0.25, 0.3) is 0 Å². The Morgan fingerprint density at radius 2 is 1.90 bits per heavy atom. The van der Waals surface area contributed by atoms with E-state index in [0.717, 1.165) is 57.6 Å². The highest BCUT2D eigenvalue weighted by molar-refractivity contribution is 5.92. The summed E-state index contributed by atoms with van der Waals surface area (Å²) < 4.78 is 0. The van der Waals surface area contributed by atoms with E-state index in [1.54, 1.807) is 6.92 Å². The summed E-state index contributed by atoms with van der Waals surface area (Å²) in [4.78, 5) is 30.3. The number of hydrogen-bond acceptors (Lipinski definition) is 5. The minimum absolute atomic E-state index is 0.0525. The van der Waals surface area contributed by atoms with Gasteiger partial charge in [0, 0.05) is 58.4 Å². The van der Waals surface area contributed by atoms with Crippen molar-refractivity contribution in [2.45, 2.75) is 58.0 Å². The molecule has 2 aliphatic heterocycles. The van der Waals surface area contributed by atoms with E-state index in [-0.39, 0.29) is 11.8 Å². The van der Waals surface area contributed by atoms with Gasteiger partial charge in [-0.2, -0.15) is 5.10 Å². The van der Waals surface area contributed by atoms with Crippen molar-refractivity contribution >= 4 is 11.8 Å². The molecular weight excluding hydrogens is 370 g/mol. The van der Waals surface area contributed by atoms with Crippen LogP contribution in [-0.4, -0.2) is 93.2 Å². The number of aryl methyl sites for hydroxylation is 1. The van der Waals surface area contributed by atoms with E-state index in [1.165, 1.54) is 0 Å². The van der Waals surface area contributed by atoms with Crippen molar-refractivity contribution in [1.29, 1.82) is 0 Å². The molecule has 3 rings (SSSR count). The molecule has 3 heterocycles. The van der Waals surface area contributed by atoms with Gasteiger partial charge in [-0.15, -0.1) is 0 Å². The molecule has 8 nitrogen and oxygen atoms in total. The number of aliphatic hydroxyl groups is 1. The van der Waals surface area contributed by atoms with Crippen LogP contribution in [0.5, 0.6) is 0 Å². The number of aromatic nitrogens is 2. The molecule has 2 N–H and O–H groups in total. The Kier molecular flexibility index (Phi) is 7.29. The molecule has 29 heavy (non-hydrogen) atoms. The molecule has 8 heteroatoms. The number of nitrogens with zero attached hydrogens (tertiary/aromatic N) is 4. The highest BCUT2D eigenvalue weighted by Gasteiger charge is 2.34. The van der Waals surface area contributed by atoms with Gasteiger partial charge in [0.25, 0.3) is 5.91 Å². The van der Waals surface area contributed by atoms with Gasteiger partial charge in [0.1, 0.15) is 5.69 Å². The number of carbonyl (C=O) groups excluding carboxylic acids is 2.